The lowest BCUT2D eigenvalue weighted by Gasteiger charge is -2.20. The molecule has 0 radical (unpaired) electrons. The van der Waals surface area contributed by atoms with Crippen molar-refractivity contribution < 1.29 is 23.7 Å². The van der Waals surface area contributed by atoms with Gasteiger partial charge in [0, 0.05) is 24.2 Å². The summed E-state index contributed by atoms with van der Waals surface area (Å²) in [6.45, 7) is 1.71. The van der Waals surface area contributed by atoms with E-state index >= 15 is 0 Å². The summed E-state index contributed by atoms with van der Waals surface area (Å²) < 4.78 is 27.1. The number of quaternary nitrogens is 1. The smallest absolute Gasteiger partial charge is 0.321 e. The van der Waals surface area contributed by atoms with Crippen LogP contribution in [0.1, 0.15) is 30.1 Å². The molecule has 0 aromatic heterocycles. The minimum Gasteiger partial charge on any atom is -0.341 e. The van der Waals surface area contributed by atoms with Crippen LogP contribution in [-0.2, 0) is 4.79 Å². The van der Waals surface area contributed by atoms with Gasteiger partial charge in [-0.3, -0.25) is 10.1 Å². The first-order chi connectivity index (χ1) is 11.9. The van der Waals surface area contributed by atoms with E-state index in [0.29, 0.717) is 5.56 Å². The second kappa shape index (κ2) is 8.34. The molecular formula is C18H20F2N3O2+. The van der Waals surface area contributed by atoms with Crippen molar-refractivity contribution in [2.75, 3.05) is 7.05 Å². The number of halogens is 2. The van der Waals surface area contributed by atoms with Gasteiger partial charge in [0.05, 0.1) is 0 Å². The molecule has 0 heterocycles. The number of imide groups is 1. The molecule has 0 bridgehead atoms. The van der Waals surface area contributed by atoms with Gasteiger partial charge >= 0.3 is 6.03 Å². The number of nitrogens with two attached hydrogens (primary N) is 1. The molecule has 0 aliphatic carbocycles. The van der Waals surface area contributed by atoms with Crippen molar-refractivity contribution in [3.05, 3.63) is 71.3 Å². The summed E-state index contributed by atoms with van der Waals surface area (Å²) in [6.07, 6.45) is 0. The number of carbonyl (C=O) groups is 2. The monoisotopic (exact) mass is 348 g/mol. The largest absolute Gasteiger partial charge is 0.341 e. The molecule has 2 rings (SSSR count). The van der Waals surface area contributed by atoms with Gasteiger partial charge in [0.15, 0.2) is 6.04 Å². The van der Waals surface area contributed by atoms with E-state index in [1.807, 2.05) is 0 Å². The zero-order valence-electron chi connectivity index (χ0n) is 13.9. The van der Waals surface area contributed by atoms with E-state index in [4.69, 9.17) is 0 Å². The zero-order chi connectivity index (χ0) is 18.4. The third kappa shape index (κ3) is 4.84. The summed E-state index contributed by atoms with van der Waals surface area (Å²) in [5.41, 5.74) is 0.938. The molecule has 0 saturated carbocycles. The van der Waals surface area contributed by atoms with Crippen molar-refractivity contribution >= 4 is 11.9 Å². The molecular weight excluding hydrogens is 328 g/mol. The number of urea groups is 1. The average molecular weight is 348 g/mol. The Hall–Kier alpha value is -2.80. The van der Waals surface area contributed by atoms with Gasteiger partial charge in [-0.1, -0.05) is 30.3 Å². The highest BCUT2D eigenvalue weighted by molar-refractivity contribution is 5.96. The maximum atomic E-state index is 14.0. The van der Waals surface area contributed by atoms with Crippen molar-refractivity contribution in [1.29, 1.82) is 0 Å². The van der Waals surface area contributed by atoms with Crippen LogP contribution >= 0.6 is 0 Å². The molecule has 4 N–H and O–H groups in total. The lowest BCUT2D eigenvalue weighted by atomic mass is 10.0. The maximum Gasteiger partial charge on any atom is 0.321 e. The Morgan fingerprint density at radius 3 is 2.36 bits per heavy atom. The first kappa shape index (κ1) is 18.5. The highest BCUT2D eigenvalue weighted by Crippen LogP contribution is 2.17. The Labute approximate surface area is 144 Å². The van der Waals surface area contributed by atoms with Gasteiger partial charge in [-0.05, 0) is 19.1 Å². The summed E-state index contributed by atoms with van der Waals surface area (Å²) in [7, 11) is 1.40. The van der Waals surface area contributed by atoms with Gasteiger partial charge in [0.1, 0.15) is 17.7 Å². The lowest BCUT2D eigenvalue weighted by molar-refractivity contribution is -0.719. The number of carbonyl (C=O) groups excluding carboxylic acids is 2. The van der Waals surface area contributed by atoms with E-state index in [1.165, 1.54) is 19.2 Å². The molecule has 0 unspecified atom stereocenters. The summed E-state index contributed by atoms with van der Waals surface area (Å²) in [4.78, 5) is 23.9. The van der Waals surface area contributed by atoms with Crippen LogP contribution in [0.3, 0.4) is 0 Å². The third-order valence-corrected chi connectivity index (χ3v) is 3.84. The van der Waals surface area contributed by atoms with E-state index < -0.39 is 35.7 Å². The summed E-state index contributed by atoms with van der Waals surface area (Å²) in [6, 6.07) is 10.3. The molecule has 0 spiro atoms. The van der Waals surface area contributed by atoms with Crippen LogP contribution in [0.5, 0.6) is 0 Å². The predicted octanol–water partition coefficient (Wildman–Crippen LogP) is 1.79. The number of amides is 3. The van der Waals surface area contributed by atoms with Crippen LogP contribution < -0.4 is 16.0 Å². The normalized spacial score (nSPS) is 13.0. The minimum absolute atomic E-state index is 0.273. The number of nitrogens with one attached hydrogen (secondary N) is 2. The first-order valence-corrected chi connectivity index (χ1v) is 7.79. The van der Waals surface area contributed by atoms with Gasteiger partial charge < -0.3 is 10.6 Å². The quantitative estimate of drug-likeness (QED) is 0.771. The van der Waals surface area contributed by atoms with Crippen LogP contribution in [-0.4, -0.2) is 19.0 Å². The molecule has 25 heavy (non-hydrogen) atoms. The minimum atomic E-state index is -0.766. The molecule has 0 saturated heterocycles. The van der Waals surface area contributed by atoms with Gasteiger partial charge in [-0.2, -0.15) is 0 Å². The fourth-order valence-electron chi connectivity index (χ4n) is 2.53. The predicted molar refractivity (Wildman–Crippen MR) is 88.5 cm³/mol. The lowest BCUT2D eigenvalue weighted by Crippen LogP contribution is -2.88. The maximum absolute atomic E-state index is 14.0. The van der Waals surface area contributed by atoms with Gasteiger partial charge in [0.25, 0.3) is 5.91 Å². The van der Waals surface area contributed by atoms with Crippen molar-refractivity contribution in [2.24, 2.45) is 0 Å². The molecule has 0 fully saturated rings. The highest BCUT2D eigenvalue weighted by Gasteiger charge is 2.29. The molecule has 0 aliphatic rings. The molecule has 7 heteroatoms. The molecule has 2 aromatic carbocycles. The molecule has 132 valence electrons. The van der Waals surface area contributed by atoms with E-state index in [0.717, 1.165) is 6.07 Å². The number of hydrogen-bond donors (Lipinski definition) is 3. The number of rotatable bonds is 5. The Bertz CT molecular complexity index is 753. The van der Waals surface area contributed by atoms with Crippen molar-refractivity contribution in [1.82, 2.24) is 10.6 Å². The average Bonchev–Trinajstić information content (AvgIpc) is 2.59. The summed E-state index contributed by atoms with van der Waals surface area (Å²) >= 11 is 0. The first-order valence-electron chi connectivity index (χ1n) is 7.79. The van der Waals surface area contributed by atoms with Crippen molar-refractivity contribution in [3.63, 3.8) is 0 Å². The molecule has 2 atom stereocenters. The van der Waals surface area contributed by atoms with Gasteiger partial charge in [-0.25, -0.2) is 13.6 Å². The summed E-state index contributed by atoms with van der Waals surface area (Å²) in [5, 5.41) is 6.18. The molecule has 2 aromatic rings. The molecule has 5 nitrogen and oxygen atoms in total. The van der Waals surface area contributed by atoms with E-state index in [9.17, 15) is 18.4 Å². The van der Waals surface area contributed by atoms with E-state index in [2.05, 4.69) is 10.6 Å². The van der Waals surface area contributed by atoms with Gasteiger partial charge in [-0.15, -0.1) is 0 Å². The molecule has 3 amide bonds. The Balaban J connectivity index is 2.26. The standard InChI is InChI=1S/C18H19F2N3O2/c1-11(14-9-8-13(19)10-15(14)20)22-16(12-6-4-3-5-7-12)17(24)23-18(25)21-2/h3-11,16,22H,1-2H3,(H2,21,23,24,25)/p+1/t11-,16+/m1/s1. The number of hydrogen-bond acceptors (Lipinski definition) is 2. The van der Waals surface area contributed by atoms with Crippen LogP contribution in [0.25, 0.3) is 0 Å². The summed E-state index contributed by atoms with van der Waals surface area (Å²) in [5.74, 6) is -1.87. The molecule has 0 aliphatic heterocycles. The second-order valence-corrected chi connectivity index (χ2v) is 5.60. The van der Waals surface area contributed by atoms with Crippen molar-refractivity contribution in [2.45, 2.75) is 19.0 Å². The fourth-order valence-corrected chi connectivity index (χ4v) is 2.53. The van der Waals surface area contributed by atoms with E-state index in [-0.39, 0.29) is 5.56 Å². The van der Waals surface area contributed by atoms with Crippen LogP contribution in [0.2, 0.25) is 0 Å². The zero-order valence-corrected chi connectivity index (χ0v) is 13.9. The topological polar surface area (TPSA) is 74.8 Å². The SMILES string of the molecule is CNC(=O)NC(=O)[C@@H]([NH2+][C@H](C)c1ccc(F)cc1F)c1ccccc1. The Kier molecular flexibility index (Phi) is 6.19. The van der Waals surface area contributed by atoms with Crippen molar-refractivity contribution in [3.8, 4) is 0 Å². The van der Waals surface area contributed by atoms with Crippen LogP contribution in [0.15, 0.2) is 48.5 Å². The van der Waals surface area contributed by atoms with E-state index in [1.54, 1.807) is 42.6 Å². The van der Waals surface area contributed by atoms with Crippen LogP contribution in [0.4, 0.5) is 13.6 Å². The van der Waals surface area contributed by atoms with Crippen LogP contribution in [0, 0.1) is 11.6 Å². The fraction of sp³-hybridized carbons (Fsp3) is 0.222. The Morgan fingerprint density at radius 1 is 1.08 bits per heavy atom. The highest BCUT2D eigenvalue weighted by atomic mass is 19.1. The second-order valence-electron chi connectivity index (χ2n) is 5.60. The Morgan fingerprint density at radius 2 is 1.76 bits per heavy atom. The number of benzene rings is 2. The van der Waals surface area contributed by atoms with Gasteiger partial charge in [0.2, 0.25) is 0 Å². The third-order valence-electron chi connectivity index (χ3n) is 3.84.